The zero-order valence-corrected chi connectivity index (χ0v) is 12.7. The summed E-state index contributed by atoms with van der Waals surface area (Å²) < 4.78 is 5.47. The molecule has 0 fully saturated rings. The standard InChI is InChI=1S/C15H18ClN3O/c1-4-7-17-15-14(20-3)13(18-9-19-15)11-6-5-10(2)12(16)8-11/h5-6,8-9H,4,7H2,1-3H3,(H,17,18,19). The van der Waals surface area contributed by atoms with Crippen molar-refractivity contribution in [2.45, 2.75) is 20.3 Å². The van der Waals surface area contributed by atoms with E-state index in [1.807, 2.05) is 25.1 Å². The molecule has 0 saturated heterocycles. The second kappa shape index (κ2) is 6.57. The number of hydrogen-bond acceptors (Lipinski definition) is 4. The summed E-state index contributed by atoms with van der Waals surface area (Å²) in [6.07, 6.45) is 2.54. The van der Waals surface area contributed by atoms with Crippen molar-refractivity contribution in [3.63, 3.8) is 0 Å². The van der Waals surface area contributed by atoms with Gasteiger partial charge in [-0.05, 0) is 25.0 Å². The first-order chi connectivity index (χ1) is 9.67. The minimum absolute atomic E-state index is 0.640. The third-order valence-corrected chi connectivity index (χ3v) is 3.40. The first-order valence-corrected chi connectivity index (χ1v) is 6.94. The van der Waals surface area contributed by atoms with Gasteiger partial charge in [0.1, 0.15) is 12.0 Å². The van der Waals surface area contributed by atoms with Gasteiger partial charge in [0.05, 0.1) is 7.11 Å². The number of anilines is 1. The Hall–Kier alpha value is -1.81. The second-order valence-electron chi connectivity index (χ2n) is 4.49. The fraction of sp³-hybridized carbons (Fsp3) is 0.333. The molecule has 1 heterocycles. The van der Waals surface area contributed by atoms with E-state index < -0.39 is 0 Å². The first-order valence-electron chi connectivity index (χ1n) is 6.56. The van der Waals surface area contributed by atoms with Crippen LogP contribution in [0.5, 0.6) is 5.75 Å². The van der Waals surface area contributed by atoms with Crippen LogP contribution in [0.2, 0.25) is 5.02 Å². The van der Waals surface area contributed by atoms with Gasteiger partial charge in [-0.25, -0.2) is 9.97 Å². The van der Waals surface area contributed by atoms with E-state index in [4.69, 9.17) is 16.3 Å². The quantitative estimate of drug-likeness (QED) is 0.906. The summed E-state index contributed by atoms with van der Waals surface area (Å²) in [4.78, 5) is 8.56. The number of aryl methyl sites for hydroxylation is 1. The normalized spacial score (nSPS) is 10.4. The summed E-state index contributed by atoms with van der Waals surface area (Å²) in [7, 11) is 1.62. The van der Waals surface area contributed by atoms with Gasteiger partial charge in [0, 0.05) is 17.1 Å². The lowest BCUT2D eigenvalue weighted by molar-refractivity contribution is 0.414. The molecule has 0 unspecified atom stereocenters. The number of ether oxygens (including phenoxy) is 1. The highest BCUT2D eigenvalue weighted by Gasteiger charge is 2.14. The van der Waals surface area contributed by atoms with Crippen molar-refractivity contribution in [3.05, 3.63) is 35.1 Å². The minimum atomic E-state index is 0.640. The molecule has 0 atom stereocenters. The molecule has 0 aliphatic carbocycles. The highest BCUT2D eigenvalue weighted by atomic mass is 35.5. The molecule has 2 aromatic rings. The average molecular weight is 292 g/mol. The van der Waals surface area contributed by atoms with Gasteiger partial charge in [0.25, 0.3) is 0 Å². The van der Waals surface area contributed by atoms with Crippen molar-refractivity contribution in [2.24, 2.45) is 0 Å². The molecule has 0 amide bonds. The maximum atomic E-state index is 6.18. The number of nitrogens with one attached hydrogen (secondary N) is 1. The number of hydrogen-bond donors (Lipinski definition) is 1. The van der Waals surface area contributed by atoms with E-state index in [1.54, 1.807) is 7.11 Å². The molecule has 1 N–H and O–H groups in total. The summed E-state index contributed by atoms with van der Waals surface area (Å²) in [6, 6.07) is 5.85. The molecule has 4 nitrogen and oxygen atoms in total. The Morgan fingerprint density at radius 1 is 1.30 bits per heavy atom. The van der Waals surface area contributed by atoms with Crippen LogP contribution < -0.4 is 10.1 Å². The minimum Gasteiger partial charge on any atom is -0.491 e. The molecule has 5 heteroatoms. The van der Waals surface area contributed by atoms with E-state index in [-0.39, 0.29) is 0 Å². The molecule has 1 aromatic heterocycles. The molecule has 0 aliphatic heterocycles. The van der Waals surface area contributed by atoms with Gasteiger partial charge in [-0.15, -0.1) is 0 Å². The molecule has 20 heavy (non-hydrogen) atoms. The Balaban J connectivity index is 2.47. The Bertz CT molecular complexity index is 602. The van der Waals surface area contributed by atoms with Crippen LogP contribution in [0.25, 0.3) is 11.3 Å². The van der Waals surface area contributed by atoms with Crippen molar-refractivity contribution in [1.82, 2.24) is 9.97 Å². The largest absolute Gasteiger partial charge is 0.491 e. The summed E-state index contributed by atoms with van der Waals surface area (Å²) in [5.41, 5.74) is 2.69. The number of nitrogens with zero attached hydrogens (tertiary/aromatic N) is 2. The molecule has 2 rings (SSSR count). The monoisotopic (exact) mass is 291 g/mol. The van der Waals surface area contributed by atoms with Crippen LogP contribution in [0, 0.1) is 6.92 Å². The van der Waals surface area contributed by atoms with Crippen molar-refractivity contribution >= 4 is 17.4 Å². The highest BCUT2D eigenvalue weighted by Crippen LogP contribution is 2.34. The Morgan fingerprint density at radius 3 is 2.75 bits per heavy atom. The molecule has 0 saturated carbocycles. The van der Waals surface area contributed by atoms with Gasteiger partial charge in [-0.2, -0.15) is 0 Å². The predicted molar refractivity (Wildman–Crippen MR) is 82.5 cm³/mol. The lowest BCUT2D eigenvalue weighted by Crippen LogP contribution is -2.05. The van der Waals surface area contributed by atoms with Gasteiger partial charge in [0.2, 0.25) is 0 Å². The van der Waals surface area contributed by atoms with Crippen LogP contribution in [-0.4, -0.2) is 23.6 Å². The summed E-state index contributed by atoms with van der Waals surface area (Å²) in [6.45, 7) is 4.90. The van der Waals surface area contributed by atoms with Crippen LogP contribution in [0.3, 0.4) is 0 Å². The van der Waals surface area contributed by atoms with Crippen LogP contribution >= 0.6 is 11.6 Å². The molecule has 1 aromatic carbocycles. The van der Waals surface area contributed by atoms with Gasteiger partial charge >= 0.3 is 0 Å². The third kappa shape index (κ3) is 3.02. The Labute approximate surface area is 124 Å². The number of halogens is 1. The molecule has 0 radical (unpaired) electrons. The fourth-order valence-corrected chi connectivity index (χ4v) is 2.06. The smallest absolute Gasteiger partial charge is 0.187 e. The number of rotatable bonds is 5. The van der Waals surface area contributed by atoms with Crippen LogP contribution in [0.1, 0.15) is 18.9 Å². The van der Waals surface area contributed by atoms with E-state index in [0.29, 0.717) is 16.6 Å². The van der Waals surface area contributed by atoms with Gasteiger partial charge in [-0.3, -0.25) is 0 Å². The number of benzene rings is 1. The van der Waals surface area contributed by atoms with E-state index in [2.05, 4.69) is 22.2 Å². The Kier molecular flexibility index (Phi) is 4.79. The lowest BCUT2D eigenvalue weighted by atomic mass is 10.1. The zero-order valence-electron chi connectivity index (χ0n) is 11.9. The predicted octanol–water partition coefficient (Wildman–Crippen LogP) is 3.94. The van der Waals surface area contributed by atoms with Crippen molar-refractivity contribution in [2.75, 3.05) is 19.0 Å². The SMILES string of the molecule is CCCNc1ncnc(-c2ccc(C)c(Cl)c2)c1OC. The Morgan fingerprint density at radius 2 is 2.10 bits per heavy atom. The molecule has 106 valence electrons. The van der Waals surface area contributed by atoms with E-state index >= 15 is 0 Å². The fourth-order valence-electron chi connectivity index (χ4n) is 1.88. The van der Waals surface area contributed by atoms with Crippen LogP contribution in [0.15, 0.2) is 24.5 Å². The van der Waals surface area contributed by atoms with Crippen LogP contribution in [0.4, 0.5) is 5.82 Å². The second-order valence-corrected chi connectivity index (χ2v) is 4.90. The number of methoxy groups -OCH3 is 1. The summed E-state index contributed by atoms with van der Waals surface area (Å²) in [5, 5.41) is 3.96. The van der Waals surface area contributed by atoms with Crippen molar-refractivity contribution < 1.29 is 4.74 Å². The van der Waals surface area contributed by atoms with Gasteiger partial charge < -0.3 is 10.1 Å². The maximum absolute atomic E-state index is 6.18. The van der Waals surface area contributed by atoms with E-state index in [9.17, 15) is 0 Å². The van der Waals surface area contributed by atoms with E-state index in [1.165, 1.54) is 6.33 Å². The topological polar surface area (TPSA) is 47.0 Å². The highest BCUT2D eigenvalue weighted by molar-refractivity contribution is 6.31. The average Bonchev–Trinajstić information content (AvgIpc) is 2.47. The van der Waals surface area contributed by atoms with Crippen molar-refractivity contribution in [1.29, 1.82) is 0 Å². The first kappa shape index (κ1) is 14.6. The maximum Gasteiger partial charge on any atom is 0.187 e. The zero-order chi connectivity index (χ0) is 14.5. The lowest BCUT2D eigenvalue weighted by Gasteiger charge is -2.13. The van der Waals surface area contributed by atoms with Crippen LogP contribution in [-0.2, 0) is 0 Å². The molecular weight excluding hydrogens is 274 g/mol. The van der Waals surface area contributed by atoms with Gasteiger partial charge in [0.15, 0.2) is 11.6 Å². The number of aromatic nitrogens is 2. The summed E-state index contributed by atoms with van der Waals surface area (Å²) >= 11 is 6.18. The molecule has 0 aliphatic rings. The van der Waals surface area contributed by atoms with Crippen molar-refractivity contribution in [3.8, 4) is 17.0 Å². The van der Waals surface area contributed by atoms with Gasteiger partial charge in [-0.1, -0.05) is 30.7 Å². The molecular formula is C15H18ClN3O. The molecule has 0 spiro atoms. The third-order valence-electron chi connectivity index (χ3n) is 3.00. The van der Waals surface area contributed by atoms with E-state index in [0.717, 1.165) is 29.8 Å². The molecule has 0 bridgehead atoms. The summed E-state index contributed by atoms with van der Waals surface area (Å²) in [5.74, 6) is 1.34.